The summed E-state index contributed by atoms with van der Waals surface area (Å²) in [5, 5.41) is 7.26. The van der Waals surface area contributed by atoms with Gasteiger partial charge in [-0.2, -0.15) is 0 Å². The van der Waals surface area contributed by atoms with E-state index in [0.717, 1.165) is 25.3 Å². The first-order valence-electron chi connectivity index (χ1n) is 7.74. The predicted molar refractivity (Wildman–Crippen MR) is 93.1 cm³/mol. The van der Waals surface area contributed by atoms with E-state index in [1.54, 1.807) is 6.07 Å². The van der Waals surface area contributed by atoms with Gasteiger partial charge < -0.3 is 5.32 Å². The Morgan fingerprint density at radius 3 is 2.78 bits per heavy atom. The summed E-state index contributed by atoms with van der Waals surface area (Å²) in [6.07, 6.45) is 2.94. The number of carbonyl (C=O) groups is 2. The van der Waals surface area contributed by atoms with Gasteiger partial charge in [-0.25, -0.2) is 4.98 Å². The molecular weight excluding hydrogens is 330 g/mol. The maximum absolute atomic E-state index is 11.9. The van der Waals surface area contributed by atoms with Gasteiger partial charge >= 0.3 is 0 Å². The van der Waals surface area contributed by atoms with Gasteiger partial charge in [0.05, 0.1) is 10.6 Å². The Balaban J connectivity index is 1.44. The fourth-order valence-electron chi connectivity index (χ4n) is 2.58. The number of aromatic nitrogens is 1. The highest BCUT2D eigenvalue weighted by Gasteiger charge is 2.15. The van der Waals surface area contributed by atoms with Gasteiger partial charge in [0.15, 0.2) is 10.9 Å². The lowest BCUT2D eigenvalue weighted by Crippen LogP contribution is -2.18. The molecule has 122 valence electrons. The van der Waals surface area contributed by atoms with Gasteiger partial charge in [-0.1, -0.05) is 6.07 Å². The third-order valence-corrected chi connectivity index (χ3v) is 5.47. The van der Waals surface area contributed by atoms with Crippen LogP contribution < -0.4 is 5.32 Å². The number of hydrogen-bond donors (Lipinski definition) is 1. The van der Waals surface area contributed by atoms with E-state index in [2.05, 4.69) is 15.2 Å². The normalized spacial score (nSPS) is 15.0. The molecule has 0 atom stereocenters. The van der Waals surface area contributed by atoms with Crippen molar-refractivity contribution >= 4 is 39.5 Å². The Bertz CT molecular complexity index is 661. The van der Waals surface area contributed by atoms with E-state index < -0.39 is 0 Å². The van der Waals surface area contributed by atoms with Crippen LogP contribution in [0, 0.1) is 0 Å². The van der Waals surface area contributed by atoms with Gasteiger partial charge in [0.2, 0.25) is 5.91 Å². The van der Waals surface area contributed by atoms with Gasteiger partial charge in [0.1, 0.15) is 0 Å². The number of anilines is 1. The second kappa shape index (κ2) is 7.81. The lowest BCUT2D eigenvalue weighted by Gasteiger charge is -2.11. The number of nitrogens with zero attached hydrogens (tertiary/aromatic N) is 2. The van der Waals surface area contributed by atoms with E-state index in [1.165, 1.54) is 35.5 Å². The van der Waals surface area contributed by atoms with Crippen LogP contribution in [0.5, 0.6) is 0 Å². The molecule has 0 bridgehead atoms. The molecule has 0 radical (unpaired) electrons. The zero-order valence-corrected chi connectivity index (χ0v) is 14.4. The smallest absolute Gasteiger partial charge is 0.226 e. The first-order chi connectivity index (χ1) is 11.2. The third kappa shape index (κ3) is 4.70. The number of thiophene rings is 1. The molecule has 1 aliphatic heterocycles. The van der Waals surface area contributed by atoms with Gasteiger partial charge in [-0.15, -0.1) is 22.7 Å². The van der Waals surface area contributed by atoms with Crippen molar-refractivity contribution in [2.75, 3.05) is 18.4 Å². The largest absolute Gasteiger partial charge is 0.302 e. The second-order valence-corrected chi connectivity index (χ2v) is 7.38. The molecule has 0 aromatic carbocycles. The zero-order valence-electron chi connectivity index (χ0n) is 12.8. The maximum Gasteiger partial charge on any atom is 0.226 e. The second-order valence-electron chi connectivity index (χ2n) is 5.58. The Kier molecular flexibility index (Phi) is 5.53. The van der Waals surface area contributed by atoms with E-state index in [4.69, 9.17) is 0 Å². The summed E-state index contributed by atoms with van der Waals surface area (Å²) < 4.78 is 0. The molecule has 0 saturated carbocycles. The predicted octanol–water partition coefficient (Wildman–Crippen LogP) is 3.40. The molecule has 1 aliphatic rings. The maximum atomic E-state index is 11.9. The summed E-state index contributed by atoms with van der Waals surface area (Å²) in [7, 11) is 0. The number of thiazole rings is 1. The Morgan fingerprint density at radius 2 is 2.04 bits per heavy atom. The molecule has 2 aromatic rings. The molecule has 1 N–H and O–H groups in total. The average molecular weight is 349 g/mol. The van der Waals surface area contributed by atoms with Gasteiger partial charge in [-0.05, 0) is 37.4 Å². The van der Waals surface area contributed by atoms with Crippen LogP contribution in [0.1, 0.15) is 41.0 Å². The highest BCUT2D eigenvalue weighted by atomic mass is 32.1. The quantitative estimate of drug-likeness (QED) is 0.778. The number of amides is 1. The minimum Gasteiger partial charge on any atom is -0.302 e. The van der Waals surface area contributed by atoms with Gasteiger partial charge in [0, 0.05) is 24.8 Å². The summed E-state index contributed by atoms with van der Waals surface area (Å²) in [5.41, 5.74) is 1.00. The first-order valence-corrected chi connectivity index (χ1v) is 9.50. The summed E-state index contributed by atoms with van der Waals surface area (Å²) >= 11 is 2.85. The van der Waals surface area contributed by atoms with Crippen LogP contribution >= 0.6 is 22.7 Å². The summed E-state index contributed by atoms with van der Waals surface area (Å²) in [6.45, 7) is 3.11. The van der Waals surface area contributed by atoms with E-state index in [1.807, 2.05) is 16.8 Å². The van der Waals surface area contributed by atoms with Crippen LogP contribution in [0.15, 0.2) is 22.9 Å². The van der Waals surface area contributed by atoms with Crippen molar-refractivity contribution in [3.63, 3.8) is 0 Å². The van der Waals surface area contributed by atoms with Crippen LogP contribution in [0.3, 0.4) is 0 Å². The van der Waals surface area contributed by atoms with Crippen molar-refractivity contribution in [3.8, 4) is 0 Å². The van der Waals surface area contributed by atoms with Crippen molar-refractivity contribution in [2.45, 2.75) is 32.2 Å². The molecule has 1 amide bonds. The lowest BCUT2D eigenvalue weighted by molar-refractivity contribution is -0.116. The molecule has 0 spiro atoms. The summed E-state index contributed by atoms with van der Waals surface area (Å²) in [4.78, 5) is 31.3. The monoisotopic (exact) mass is 349 g/mol. The fraction of sp³-hybridized carbons (Fsp3) is 0.438. The molecule has 0 aliphatic carbocycles. The van der Waals surface area contributed by atoms with E-state index >= 15 is 0 Å². The zero-order chi connectivity index (χ0) is 16.1. The molecule has 5 nitrogen and oxygen atoms in total. The Morgan fingerprint density at radius 1 is 1.22 bits per heavy atom. The van der Waals surface area contributed by atoms with E-state index in [0.29, 0.717) is 10.0 Å². The Hall–Kier alpha value is -1.57. The molecule has 1 saturated heterocycles. The number of rotatable bonds is 7. The molecule has 1 fully saturated rings. The molecular formula is C16H19N3O2S2. The topological polar surface area (TPSA) is 62.3 Å². The van der Waals surface area contributed by atoms with E-state index in [-0.39, 0.29) is 24.5 Å². The van der Waals surface area contributed by atoms with Crippen molar-refractivity contribution in [3.05, 3.63) is 33.5 Å². The standard InChI is InChI=1S/C16H19N3O2S2/c20-13(14-4-3-9-22-14)5-6-15(21)18-16-17-12(11-23-16)10-19-7-1-2-8-19/h3-4,9,11H,1-2,5-8,10H2,(H,17,18,21). The number of likely N-dealkylation sites (tertiary alicyclic amines) is 1. The molecule has 3 rings (SSSR count). The lowest BCUT2D eigenvalue weighted by atomic mass is 10.2. The van der Waals surface area contributed by atoms with Crippen LogP contribution in [0.25, 0.3) is 0 Å². The van der Waals surface area contributed by atoms with Gasteiger partial charge in [-0.3, -0.25) is 14.5 Å². The summed E-state index contributed by atoms with van der Waals surface area (Å²) in [5.74, 6) is -0.138. The molecule has 3 heterocycles. The minimum atomic E-state index is -0.156. The van der Waals surface area contributed by atoms with Crippen LogP contribution in [-0.4, -0.2) is 34.7 Å². The Labute approximate surface area is 143 Å². The van der Waals surface area contributed by atoms with Crippen molar-refractivity contribution in [2.24, 2.45) is 0 Å². The molecule has 7 heteroatoms. The number of carbonyl (C=O) groups excluding carboxylic acids is 2. The first kappa shape index (κ1) is 16.3. The van der Waals surface area contributed by atoms with Crippen molar-refractivity contribution in [1.29, 1.82) is 0 Å². The minimum absolute atomic E-state index is 0.0176. The number of nitrogens with one attached hydrogen (secondary N) is 1. The number of ketones is 1. The van der Waals surface area contributed by atoms with Crippen LogP contribution in [0.2, 0.25) is 0 Å². The molecule has 23 heavy (non-hydrogen) atoms. The SMILES string of the molecule is O=C(CCC(=O)c1cccs1)Nc1nc(CN2CCCC2)cs1. The number of Topliss-reactive ketones (excluding diaryl/α,β-unsaturated/α-hetero) is 1. The van der Waals surface area contributed by atoms with Crippen LogP contribution in [-0.2, 0) is 11.3 Å². The highest BCUT2D eigenvalue weighted by molar-refractivity contribution is 7.14. The third-order valence-electron chi connectivity index (χ3n) is 3.76. The summed E-state index contributed by atoms with van der Waals surface area (Å²) in [6, 6.07) is 3.63. The molecule has 2 aromatic heterocycles. The fourth-order valence-corrected chi connectivity index (χ4v) is 3.99. The van der Waals surface area contributed by atoms with Gasteiger partial charge in [0.25, 0.3) is 0 Å². The van der Waals surface area contributed by atoms with Crippen molar-refractivity contribution in [1.82, 2.24) is 9.88 Å². The van der Waals surface area contributed by atoms with Crippen LogP contribution in [0.4, 0.5) is 5.13 Å². The van der Waals surface area contributed by atoms with E-state index in [9.17, 15) is 9.59 Å². The average Bonchev–Trinajstić information content (AvgIpc) is 3.28. The number of hydrogen-bond acceptors (Lipinski definition) is 6. The molecule has 0 unspecified atom stereocenters. The highest BCUT2D eigenvalue weighted by Crippen LogP contribution is 2.19. The van der Waals surface area contributed by atoms with Crippen molar-refractivity contribution < 1.29 is 9.59 Å².